The quantitative estimate of drug-likeness (QED) is 0.349. The highest BCUT2D eigenvalue weighted by Gasteiger charge is 2.16. The van der Waals surface area contributed by atoms with Gasteiger partial charge in [0.05, 0.1) is 25.1 Å². The van der Waals surface area contributed by atoms with Gasteiger partial charge in [-0.3, -0.25) is 4.98 Å². The zero-order valence-corrected chi connectivity index (χ0v) is 18.0. The first-order valence-corrected chi connectivity index (χ1v) is 10.7. The Morgan fingerprint density at radius 2 is 1.75 bits per heavy atom. The number of fused-ring (bicyclic) bond motifs is 1. The number of nitrogens with zero attached hydrogens (tertiary/aromatic N) is 6. The summed E-state index contributed by atoms with van der Waals surface area (Å²) in [4.78, 5) is 15.6. The lowest BCUT2D eigenvalue weighted by molar-refractivity contribution is 0.280. The summed E-state index contributed by atoms with van der Waals surface area (Å²) in [6, 6.07) is 14.1. The predicted octanol–water partition coefficient (Wildman–Crippen LogP) is 2.15. The van der Waals surface area contributed by atoms with Crippen LogP contribution in [-0.2, 0) is 13.0 Å². The van der Waals surface area contributed by atoms with Crippen LogP contribution in [0.25, 0.3) is 16.9 Å². The number of aromatic nitrogens is 5. The Hall–Kier alpha value is -3.56. The Morgan fingerprint density at radius 1 is 0.969 bits per heavy atom. The molecule has 0 atom stereocenters. The van der Waals surface area contributed by atoms with E-state index in [9.17, 15) is 10.2 Å². The van der Waals surface area contributed by atoms with E-state index in [-0.39, 0.29) is 13.2 Å². The van der Waals surface area contributed by atoms with E-state index in [4.69, 9.17) is 0 Å². The van der Waals surface area contributed by atoms with Crippen LogP contribution in [-0.4, -0.2) is 61.1 Å². The predicted molar refractivity (Wildman–Crippen MR) is 124 cm³/mol. The van der Waals surface area contributed by atoms with Gasteiger partial charge in [0, 0.05) is 37.0 Å². The molecule has 0 saturated carbocycles. The van der Waals surface area contributed by atoms with E-state index in [1.54, 1.807) is 15.6 Å². The van der Waals surface area contributed by atoms with Crippen molar-refractivity contribution in [3.63, 3.8) is 0 Å². The molecule has 0 aliphatic heterocycles. The molecular weight excluding hydrogens is 406 g/mol. The Bertz CT molecular complexity index is 1140. The fourth-order valence-electron chi connectivity index (χ4n) is 3.46. The number of aliphatic hydroxyl groups is 2. The maximum Gasteiger partial charge on any atom is 0.230 e. The number of aryl methyl sites for hydroxylation is 1. The molecule has 0 radical (unpaired) electrons. The molecular formula is C23H27N7O2. The minimum absolute atomic E-state index is 0.0589. The lowest BCUT2D eigenvalue weighted by Crippen LogP contribution is -2.32. The molecule has 0 spiro atoms. The van der Waals surface area contributed by atoms with Gasteiger partial charge in [0.1, 0.15) is 0 Å². The molecule has 4 rings (SSSR count). The average Bonchev–Trinajstić information content (AvgIpc) is 3.26. The first kappa shape index (κ1) is 21.7. The van der Waals surface area contributed by atoms with Gasteiger partial charge in [-0.05, 0) is 18.1 Å². The maximum absolute atomic E-state index is 9.41. The third-order valence-electron chi connectivity index (χ3n) is 5.18. The second-order valence-corrected chi connectivity index (χ2v) is 7.31. The average molecular weight is 434 g/mol. The smallest absolute Gasteiger partial charge is 0.230 e. The van der Waals surface area contributed by atoms with E-state index in [0.717, 1.165) is 28.8 Å². The normalized spacial score (nSPS) is 11.1. The van der Waals surface area contributed by atoms with Crippen LogP contribution in [0.2, 0.25) is 0 Å². The van der Waals surface area contributed by atoms with E-state index in [2.05, 4.69) is 25.4 Å². The molecule has 1 aromatic carbocycles. The summed E-state index contributed by atoms with van der Waals surface area (Å²) in [6.45, 7) is 3.10. The number of pyridine rings is 1. The first-order chi connectivity index (χ1) is 15.7. The summed E-state index contributed by atoms with van der Waals surface area (Å²) in [5.41, 5.74) is 4.70. The monoisotopic (exact) mass is 433 g/mol. The van der Waals surface area contributed by atoms with Gasteiger partial charge < -0.3 is 20.4 Å². The summed E-state index contributed by atoms with van der Waals surface area (Å²) in [5.74, 6) is 0.980. The molecule has 0 bridgehead atoms. The van der Waals surface area contributed by atoms with Crippen molar-refractivity contribution in [2.75, 3.05) is 36.5 Å². The molecule has 0 aliphatic rings. The molecule has 32 heavy (non-hydrogen) atoms. The number of hydrogen-bond donors (Lipinski definition) is 3. The Labute approximate surface area is 186 Å². The van der Waals surface area contributed by atoms with Gasteiger partial charge in [-0.15, -0.1) is 0 Å². The fourth-order valence-corrected chi connectivity index (χ4v) is 3.46. The largest absolute Gasteiger partial charge is 0.395 e. The molecule has 4 aromatic rings. The first-order valence-electron chi connectivity index (χ1n) is 10.7. The van der Waals surface area contributed by atoms with Crippen LogP contribution in [0.5, 0.6) is 0 Å². The van der Waals surface area contributed by atoms with Gasteiger partial charge >= 0.3 is 0 Å². The second-order valence-electron chi connectivity index (χ2n) is 7.31. The summed E-state index contributed by atoms with van der Waals surface area (Å²) < 4.78 is 1.68. The van der Waals surface area contributed by atoms with Gasteiger partial charge in [0.2, 0.25) is 11.9 Å². The molecule has 3 N–H and O–H groups in total. The van der Waals surface area contributed by atoms with E-state index >= 15 is 0 Å². The van der Waals surface area contributed by atoms with E-state index in [0.29, 0.717) is 37.2 Å². The van der Waals surface area contributed by atoms with Crippen molar-refractivity contribution in [2.24, 2.45) is 0 Å². The number of aliphatic hydroxyl groups excluding tert-OH is 2. The van der Waals surface area contributed by atoms with E-state index in [1.807, 2.05) is 55.6 Å². The molecule has 0 aliphatic carbocycles. The number of hydrogen-bond acceptors (Lipinski definition) is 8. The number of rotatable bonds is 10. The number of anilines is 2. The van der Waals surface area contributed by atoms with Crippen LogP contribution in [0.3, 0.4) is 0 Å². The van der Waals surface area contributed by atoms with Crippen molar-refractivity contribution in [3.8, 4) is 11.3 Å². The van der Waals surface area contributed by atoms with Crippen molar-refractivity contribution in [1.82, 2.24) is 24.6 Å². The molecule has 0 amide bonds. The van der Waals surface area contributed by atoms with Crippen molar-refractivity contribution in [1.29, 1.82) is 0 Å². The highest BCUT2D eigenvalue weighted by atomic mass is 16.3. The van der Waals surface area contributed by atoms with E-state index in [1.165, 1.54) is 0 Å². The Morgan fingerprint density at radius 3 is 2.41 bits per heavy atom. The highest BCUT2D eigenvalue weighted by Crippen LogP contribution is 2.20. The van der Waals surface area contributed by atoms with E-state index < -0.39 is 0 Å². The van der Waals surface area contributed by atoms with Crippen LogP contribution in [0, 0.1) is 0 Å². The van der Waals surface area contributed by atoms with Crippen LogP contribution in [0.15, 0.2) is 54.9 Å². The lowest BCUT2D eigenvalue weighted by Gasteiger charge is -2.21. The van der Waals surface area contributed by atoms with Crippen molar-refractivity contribution in [2.45, 2.75) is 19.9 Å². The molecule has 0 unspecified atom stereocenters. The maximum atomic E-state index is 9.41. The minimum atomic E-state index is -0.0589. The van der Waals surface area contributed by atoms with Crippen molar-refractivity contribution in [3.05, 3.63) is 66.0 Å². The lowest BCUT2D eigenvalue weighted by atomic mass is 10.1. The zero-order valence-electron chi connectivity index (χ0n) is 18.0. The Kier molecular flexibility index (Phi) is 6.88. The molecule has 9 heteroatoms. The van der Waals surface area contributed by atoms with Crippen LogP contribution in [0.4, 0.5) is 11.9 Å². The SMILES string of the molecule is CCc1cnn2c(NCc3ccc(-c4ccccc4)nc3)nc(N(CCO)CCO)nc12. The number of benzene rings is 1. The topological polar surface area (TPSA) is 112 Å². The summed E-state index contributed by atoms with van der Waals surface area (Å²) in [7, 11) is 0. The number of nitrogens with one attached hydrogen (secondary N) is 1. The Balaban J connectivity index is 1.59. The third kappa shape index (κ3) is 4.68. The molecule has 3 heterocycles. The third-order valence-corrected chi connectivity index (χ3v) is 5.18. The van der Waals surface area contributed by atoms with Crippen molar-refractivity contribution >= 4 is 17.5 Å². The molecule has 0 saturated heterocycles. The van der Waals surface area contributed by atoms with Crippen LogP contribution >= 0.6 is 0 Å². The zero-order chi connectivity index (χ0) is 22.3. The van der Waals surface area contributed by atoms with Crippen LogP contribution < -0.4 is 10.2 Å². The molecule has 3 aromatic heterocycles. The minimum Gasteiger partial charge on any atom is -0.395 e. The van der Waals surface area contributed by atoms with Gasteiger partial charge in [0.15, 0.2) is 5.65 Å². The van der Waals surface area contributed by atoms with Gasteiger partial charge in [-0.2, -0.15) is 19.6 Å². The van der Waals surface area contributed by atoms with Gasteiger partial charge in [-0.25, -0.2) is 0 Å². The summed E-state index contributed by atoms with van der Waals surface area (Å²) in [6.07, 6.45) is 4.42. The molecule has 166 valence electrons. The summed E-state index contributed by atoms with van der Waals surface area (Å²) in [5, 5.41) is 26.6. The van der Waals surface area contributed by atoms with Crippen molar-refractivity contribution < 1.29 is 10.2 Å². The molecule has 0 fully saturated rings. The van der Waals surface area contributed by atoms with Gasteiger partial charge in [-0.1, -0.05) is 43.3 Å². The summed E-state index contributed by atoms with van der Waals surface area (Å²) >= 11 is 0. The van der Waals surface area contributed by atoms with Crippen LogP contribution in [0.1, 0.15) is 18.1 Å². The standard InChI is InChI=1S/C23H27N7O2/c1-2-18-16-26-30-21(18)27-23(29(10-12-31)11-13-32)28-22(30)25-15-17-8-9-20(24-14-17)19-6-4-3-5-7-19/h3-9,14,16,31-32H,2,10-13,15H2,1H3,(H,25,27,28). The second kappa shape index (κ2) is 10.2. The van der Waals surface area contributed by atoms with Gasteiger partial charge in [0.25, 0.3) is 0 Å². The highest BCUT2D eigenvalue weighted by molar-refractivity contribution is 5.59. The fraction of sp³-hybridized carbons (Fsp3) is 0.304. The molecule has 9 nitrogen and oxygen atoms in total.